The van der Waals surface area contributed by atoms with Crippen LogP contribution in [-0.4, -0.2) is 64.4 Å². The molecule has 4 N–H and O–H groups in total. The van der Waals surface area contributed by atoms with Gasteiger partial charge in [0.15, 0.2) is 0 Å². The summed E-state index contributed by atoms with van der Waals surface area (Å²) in [5, 5.41) is 7.07. The van der Waals surface area contributed by atoms with Gasteiger partial charge in [0.05, 0.1) is 53.2 Å². The highest BCUT2D eigenvalue weighted by molar-refractivity contribution is 5.90. The van der Waals surface area contributed by atoms with Gasteiger partial charge in [0.1, 0.15) is 5.78 Å². The van der Waals surface area contributed by atoms with Crippen LogP contribution < -0.4 is 16.4 Å². The Morgan fingerprint density at radius 3 is 1.49 bits per heavy atom. The molecular weight excluding hydrogens is 937 g/mol. The molecule has 2 aromatic carbocycles. The van der Waals surface area contributed by atoms with Crippen LogP contribution in [-0.2, 0) is 23.9 Å². The zero-order chi connectivity index (χ0) is 55.8. The second-order valence-electron chi connectivity index (χ2n) is 28.3. The number of carbonyl (C=O) groups is 5. The minimum Gasteiger partial charge on any atom is -0.459 e. The van der Waals surface area contributed by atoms with E-state index in [0.717, 1.165) is 120 Å². The van der Waals surface area contributed by atoms with Gasteiger partial charge in [-0.25, -0.2) is 9.59 Å². The van der Waals surface area contributed by atoms with Crippen LogP contribution in [0.1, 0.15) is 257 Å². The van der Waals surface area contributed by atoms with Crippen LogP contribution in [0.2, 0.25) is 0 Å². The molecule has 4 saturated carbocycles. The fraction of sp³-hybridized carbons (Fsp3) is 0.734. The van der Waals surface area contributed by atoms with Gasteiger partial charge < -0.3 is 25.4 Å². The molecule has 2 amide bonds. The lowest BCUT2D eigenvalue weighted by atomic mass is 9.69. The van der Waals surface area contributed by atoms with Gasteiger partial charge in [-0.05, 0) is 198 Å². The third-order valence-electron chi connectivity index (χ3n) is 16.5. The number of ether oxygens (including phenoxy) is 2. The zero-order valence-corrected chi connectivity index (χ0v) is 49.6. The van der Waals surface area contributed by atoms with Gasteiger partial charge in [-0.1, -0.05) is 107 Å². The van der Waals surface area contributed by atoms with Gasteiger partial charge >= 0.3 is 11.9 Å². The predicted molar refractivity (Wildman–Crippen MR) is 303 cm³/mol. The first-order valence-electron chi connectivity index (χ1n) is 29.1. The average molecular weight is 1040 g/mol. The molecular formula is C64H102N4O7. The van der Waals surface area contributed by atoms with E-state index in [1.165, 1.54) is 0 Å². The smallest absolute Gasteiger partial charge is 0.338 e. The lowest BCUT2D eigenvalue weighted by Crippen LogP contribution is -2.56. The lowest BCUT2D eigenvalue weighted by Gasteiger charge is -2.49. The van der Waals surface area contributed by atoms with Gasteiger partial charge in [-0.2, -0.15) is 0 Å². The van der Waals surface area contributed by atoms with Crippen molar-refractivity contribution in [1.29, 1.82) is 0 Å². The largest absolute Gasteiger partial charge is 0.459 e. The number of carbonyl (C=O) groups excluding carboxylic acids is 5. The fourth-order valence-corrected chi connectivity index (χ4v) is 11.2. The molecule has 2 aromatic rings. The summed E-state index contributed by atoms with van der Waals surface area (Å²) >= 11 is 0. The summed E-state index contributed by atoms with van der Waals surface area (Å²) in [6.45, 7) is 34.6. The molecule has 4 atom stereocenters. The van der Waals surface area contributed by atoms with Crippen LogP contribution >= 0.6 is 0 Å². The normalized spacial score (nSPS) is 22.9. The highest BCUT2D eigenvalue weighted by atomic mass is 16.5. The van der Waals surface area contributed by atoms with Gasteiger partial charge in [-0.3, -0.25) is 19.7 Å². The van der Waals surface area contributed by atoms with Crippen LogP contribution in [0.25, 0.3) is 0 Å². The summed E-state index contributed by atoms with van der Waals surface area (Å²) in [5.74, 6) is 2.29. The molecule has 11 heteroatoms. The highest BCUT2D eigenvalue weighted by Gasteiger charge is 2.57. The minimum absolute atomic E-state index is 0.00988. The Morgan fingerprint density at radius 1 is 0.640 bits per heavy atom. The van der Waals surface area contributed by atoms with Gasteiger partial charge in [-0.15, -0.1) is 0 Å². The van der Waals surface area contributed by atoms with E-state index in [9.17, 15) is 24.0 Å². The average Bonchev–Trinajstić information content (AvgIpc) is 4.26. The van der Waals surface area contributed by atoms with Crippen LogP contribution in [0.4, 0.5) is 0 Å². The van der Waals surface area contributed by atoms with E-state index >= 15 is 0 Å². The van der Waals surface area contributed by atoms with Crippen LogP contribution in [0.3, 0.4) is 0 Å². The quantitative estimate of drug-likeness (QED) is 0.148. The summed E-state index contributed by atoms with van der Waals surface area (Å²) < 4.78 is 10.6. The Balaban J connectivity index is 0.000000238. The molecule has 1 heterocycles. The summed E-state index contributed by atoms with van der Waals surface area (Å²) in [6, 6.07) is 14.6. The topological polar surface area (TPSA) is 157 Å². The van der Waals surface area contributed by atoms with Crippen molar-refractivity contribution in [3.05, 3.63) is 70.8 Å². The van der Waals surface area contributed by atoms with Crippen molar-refractivity contribution < 1.29 is 33.4 Å². The third-order valence-corrected chi connectivity index (χ3v) is 16.5. The highest BCUT2D eigenvalue weighted by Crippen LogP contribution is 2.51. The van der Waals surface area contributed by atoms with Crippen molar-refractivity contribution in [2.75, 3.05) is 0 Å². The first-order valence-corrected chi connectivity index (χ1v) is 29.1. The number of nitrogens with zero attached hydrogens (tertiary/aromatic N) is 1. The molecule has 1 aliphatic heterocycles. The van der Waals surface area contributed by atoms with Crippen molar-refractivity contribution >= 4 is 29.5 Å². The van der Waals surface area contributed by atoms with Crippen LogP contribution in [0.15, 0.2) is 48.5 Å². The number of rotatable bonds is 15. The Morgan fingerprint density at radius 2 is 1.08 bits per heavy atom. The number of amides is 2. The van der Waals surface area contributed by atoms with Gasteiger partial charge in [0.2, 0.25) is 11.8 Å². The van der Waals surface area contributed by atoms with Crippen molar-refractivity contribution in [3.8, 4) is 0 Å². The van der Waals surface area contributed by atoms with E-state index in [4.69, 9.17) is 15.2 Å². The molecule has 11 nitrogen and oxygen atoms in total. The third kappa shape index (κ3) is 18.8. The lowest BCUT2D eigenvalue weighted by molar-refractivity contribution is -0.138. The Hall–Kier alpha value is -4.09. The number of esters is 2. The molecule has 1 spiro atoms. The van der Waals surface area contributed by atoms with E-state index in [2.05, 4.69) is 111 Å². The molecule has 5 fully saturated rings. The standard InChI is InChI=1S/C32H50N2O3.C22H34N2O3.C10H18O/c1-21(2)37-29(36)24-13-9-22(10-14-24)26(17-18-30(3,4)5)34-28(35)27(23-11-12-23)33-32(34)19-15-25(16-20-32)31(6,7)8;1-14(2)27-21(26)17-10-6-15(7-11-17)18(12-13-22(3,4)5)24-20(25)19(23)16-8-9-16;1-10(2,3)8-4-6-9(11)7-5-8/h9-10,13-14,21,23,25-27,33H,11-12,15-20H2,1-8H3;6-7,10-11,14,16,18-19H,8-9,12-13,23H2,1-5H3,(H,24,25);8H,4-7H2,1-3H3/t25?,26-,27+,32?;18-,19+;/m11./s1. The zero-order valence-electron chi connectivity index (χ0n) is 49.6. The summed E-state index contributed by atoms with van der Waals surface area (Å²) in [5.41, 5.74) is 10.0. The maximum Gasteiger partial charge on any atom is 0.338 e. The van der Waals surface area contributed by atoms with Crippen molar-refractivity contribution in [1.82, 2.24) is 15.5 Å². The first-order chi connectivity index (χ1) is 34.8. The number of hydrogen-bond acceptors (Lipinski definition) is 9. The fourth-order valence-electron chi connectivity index (χ4n) is 11.2. The van der Waals surface area contributed by atoms with E-state index in [1.807, 2.05) is 52.0 Å². The summed E-state index contributed by atoms with van der Waals surface area (Å²) in [6.07, 6.45) is 16.0. The van der Waals surface area contributed by atoms with Crippen molar-refractivity contribution in [3.63, 3.8) is 0 Å². The number of benzene rings is 2. The van der Waals surface area contributed by atoms with Crippen LogP contribution in [0.5, 0.6) is 0 Å². The monoisotopic (exact) mass is 1040 g/mol. The number of nitrogens with two attached hydrogens (primary N) is 1. The van der Waals surface area contributed by atoms with Crippen molar-refractivity contribution in [2.45, 2.75) is 256 Å². The molecule has 5 aliphatic rings. The van der Waals surface area contributed by atoms with Crippen LogP contribution in [0, 0.1) is 45.3 Å². The Bertz CT molecular complexity index is 2180. The molecule has 1 saturated heterocycles. The molecule has 0 bridgehead atoms. The van der Waals surface area contributed by atoms with E-state index in [1.54, 1.807) is 12.1 Å². The second-order valence-corrected chi connectivity index (χ2v) is 28.3. The minimum atomic E-state index is -0.428. The summed E-state index contributed by atoms with van der Waals surface area (Å²) in [4.78, 5) is 64.4. The number of Topliss-reactive ketones (excluding diaryl/α,β-unsaturated/α-hetero) is 1. The molecule has 420 valence electrons. The number of hydrogen-bond donors (Lipinski definition) is 3. The van der Waals surface area contributed by atoms with E-state index < -0.39 is 6.04 Å². The predicted octanol–water partition coefficient (Wildman–Crippen LogP) is 14.0. The second kappa shape index (κ2) is 25.6. The summed E-state index contributed by atoms with van der Waals surface area (Å²) in [7, 11) is 0. The van der Waals surface area contributed by atoms with Gasteiger partial charge in [0.25, 0.3) is 0 Å². The van der Waals surface area contributed by atoms with Crippen molar-refractivity contribution in [2.24, 2.45) is 51.1 Å². The molecule has 75 heavy (non-hydrogen) atoms. The molecule has 7 rings (SSSR count). The maximum absolute atomic E-state index is 14.2. The Kier molecular flexibility index (Phi) is 21.1. The SMILES string of the molecule is CC(C)(C)C1CCC(=O)CC1.CC(C)OC(=O)c1ccc([C@@H](CCC(C)(C)C)N2C(=O)[C@H](C3CC3)NC23CCC(C(C)(C)C)CC3)cc1.CC(C)OC(=O)c1ccc([C@@H](CCC(C)(C)C)NC(=O)[C@@H](N)C2CC2)cc1. The molecule has 4 aliphatic carbocycles. The molecule has 0 unspecified atom stereocenters. The maximum atomic E-state index is 14.2. The molecule has 0 radical (unpaired) electrons. The molecule has 0 aromatic heterocycles. The van der Waals surface area contributed by atoms with Gasteiger partial charge in [0, 0.05) is 12.8 Å². The number of ketones is 1. The van der Waals surface area contributed by atoms with E-state index in [0.29, 0.717) is 46.0 Å². The number of nitrogens with one attached hydrogen (secondary N) is 2. The Labute approximate surface area is 454 Å². The van der Waals surface area contributed by atoms with E-state index in [-0.39, 0.29) is 70.1 Å². The first kappa shape index (κ1) is 61.8.